The minimum absolute atomic E-state index is 0.0911. The summed E-state index contributed by atoms with van der Waals surface area (Å²) >= 11 is 1.42. The Kier molecular flexibility index (Phi) is 6.08. The van der Waals surface area contributed by atoms with E-state index in [1.807, 2.05) is 34.6 Å². The topological polar surface area (TPSA) is 77.4 Å². The highest BCUT2D eigenvalue weighted by Crippen LogP contribution is 2.45. The number of rotatable bonds is 6. The molecule has 1 atom stereocenters. The van der Waals surface area contributed by atoms with Gasteiger partial charge in [0.25, 0.3) is 0 Å². The highest BCUT2D eigenvalue weighted by molar-refractivity contribution is 8.16. The molecular formula is C20H22N2O5S. The molecule has 148 valence electrons. The summed E-state index contributed by atoms with van der Waals surface area (Å²) in [5.41, 5.74) is 2.58. The van der Waals surface area contributed by atoms with Gasteiger partial charge in [0.1, 0.15) is 5.75 Å². The molecular weight excluding hydrogens is 380 g/mol. The van der Waals surface area contributed by atoms with Crippen LogP contribution in [0.5, 0.6) is 5.75 Å². The Balaban J connectivity index is 2.08. The number of fused-ring (bicyclic) bond motifs is 1. The van der Waals surface area contributed by atoms with Crippen molar-refractivity contribution in [3.8, 4) is 5.75 Å². The van der Waals surface area contributed by atoms with Crippen LogP contribution in [0.25, 0.3) is 0 Å². The number of carbonyl (C=O) groups is 2. The third kappa shape index (κ3) is 3.77. The smallest absolute Gasteiger partial charge is 0.338 e. The van der Waals surface area contributed by atoms with Crippen LogP contribution in [0, 0.1) is 0 Å². The van der Waals surface area contributed by atoms with Gasteiger partial charge in [0.15, 0.2) is 5.17 Å². The molecule has 0 radical (unpaired) electrons. The number of hydrogen-bond donors (Lipinski definition) is 0. The Morgan fingerprint density at radius 2 is 2.07 bits per heavy atom. The molecule has 0 amide bonds. The van der Waals surface area contributed by atoms with E-state index >= 15 is 0 Å². The fourth-order valence-corrected chi connectivity index (χ4v) is 4.19. The van der Waals surface area contributed by atoms with Gasteiger partial charge in [-0.1, -0.05) is 23.9 Å². The molecule has 0 bridgehead atoms. The molecule has 0 fully saturated rings. The summed E-state index contributed by atoms with van der Waals surface area (Å²) < 4.78 is 15.5. The summed E-state index contributed by atoms with van der Waals surface area (Å²) in [6, 6.07) is 7.00. The number of aliphatic imine (C=N–C) groups is 1. The standard InChI is InChI=1S/C20H22N2O5S/c1-5-27-16(23)10-14-11-28-20-21-12(2)17(19(24)26-4)18(22(14)20)13-7-6-8-15(9-13)25-3/h6-9,11,18H,5,10H2,1-4H3. The lowest BCUT2D eigenvalue weighted by molar-refractivity contribution is -0.142. The highest BCUT2D eigenvalue weighted by atomic mass is 32.2. The quantitative estimate of drug-likeness (QED) is 0.675. The summed E-state index contributed by atoms with van der Waals surface area (Å²) in [7, 11) is 2.94. The number of allylic oxidation sites excluding steroid dienone is 1. The highest BCUT2D eigenvalue weighted by Gasteiger charge is 2.41. The third-order valence-electron chi connectivity index (χ3n) is 4.45. The predicted octanol–water partition coefficient (Wildman–Crippen LogP) is 3.40. The largest absolute Gasteiger partial charge is 0.497 e. The number of methoxy groups -OCH3 is 2. The summed E-state index contributed by atoms with van der Waals surface area (Å²) in [5.74, 6) is -0.113. The first-order chi connectivity index (χ1) is 13.5. The van der Waals surface area contributed by atoms with Crippen LogP contribution >= 0.6 is 11.8 Å². The van der Waals surface area contributed by atoms with Gasteiger partial charge in [-0.15, -0.1) is 0 Å². The van der Waals surface area contributed by atoms with Gasteiger partial charge in [0.2, 0.25) is 0 Å². The van der Waals surface area contributed by atoms with E-state index < -0.39 is 12.0 Å². The van der Waals surface area contributed by atoms with Crippen molar-refractivity contribution in [2.45, 2.75) is 26.3 Å². The lowest BCUT2D eigenvalue weighted by Crippen LogP contribution is -2.37. The van der Waals surface area contributed by atoms with Gasteiger partial charge < -0.3 is 19.1 Å². The van der Waals surface area contributed by atoms with Crippen molar-refractivity contribution >= 4 is 28.9 Å². The van der Waals surface area contributed by atoms with Crippen LogP contribution in [0.1, 0.15) is 31.9 Å². The third-order valence-corrected chi connectivity index (χ3v) is 5.34. The van der Waals surface area contributed by atoms with Crippen LogP contribution in [-0.4, -0.2) is 42.8 Å². The van der Waals surface area contributed by atoms with Crippen molar-refractivity contribution in [1.82, 2.24) is 4.90 Å². The number of amidine groups is 1. The zero-order valence-corrected chi connectivity index (χ0v) is 17.0. The molecule has 1 aromatic carbocycles. The Bertz CT molecular complexity index is 890. The average Bonchev–Trinajstić information content (AvgIpc) is 3.08. The van der Waals surface area contributed by atoms with Gasteiger partial charge >= 0.3 is 11.9 Å². The molecule has 0 N–H and O–H groups in total. The van der Waals surface area contributed by atoms with E-state index in [1.54, 1.807) is 21.0 Å². The van der Waals surface area contributed by atoms with Crippen molar-refractivity contribution < 1.29 is 23.8 Å². The van der Waals surface area contributed by atoms with Crippen molar-refractivity contribution in [3.05, 3.63) is 52.2 Å². The van der Waals surface area contributed by atoms with E-state index in [1.165, 1.54) is 18.9 Å². The summed E-state index contributed by atoms with van der Waals surface area (Å²) in [5, 5.41) is 2.58. The van der Waals surface area contributed by atoms with Gasteiger partial charge in [0, 0.05) is 5.70 Å². The maximum absolute atomic E-state index is 12.6. The van der Waals surface area contributed by atoms with Gasteiger partial charge in [-0.3, -0.25) is 4.79 Å². The first-order valence-corrected chi connectivity index (χ1v) is 9.70. The van der Waals surface area contributed by atoms with Crippen molar-refractivity contribution in [1.29, 1.82) is 0 Å². The number of benzene rings is 1. The molecule has 0 aliphatic carbocycles. The molecule has 1 aromatic rings. The van der Waals surface area contributed by atoms with Gasteiger partial charge in [-0.25, -0.2) is 9.79 Å². The maximum atomic E-state index is 12.6. The molecule has 28 heavy (non-hydrogen) atoms. The van der Waals surface area contributed by atoms with E-state index in [0.717, 1.165) is 11.3 Å². The van der Waals surface area contributed by atoms with Crippen molar-refractivity contribution in [2.24, 2.45) is 4.99 Å². The molecule has 3 rings (SSSR count). The molecule has 0 saturated carbocycles. The molecule has 0 saturated heterocycles. The summed E-state index contributed by atoms with van der Waals surface area (Å²) in [6.07, 6.45) is 0.0911. The second-order valence-electron chi connectivity index (χ2n) is 6.14. The second-order valence-corrected chi connectivity index (χ2v) is 6.98. The van der Waals surface area contributed by atoms with Crippen LogP contribution in [0.2, 0.25) is 0 Å². The number of esters is 2. The van der Waals surface area contributed by atoms with E-state index in [0.29, 0.717) is 28.8 Å². The van der Waals surface area contributed by atoms with E-state index in [2.05, 4.69) is 4.99 Å². The molecule has 2 aliphatic rings. The minimum Gasteiger partial charge on any atom is -0.497 e. The zero-order chi connectivity index (χ0) is 20.3. The Morgan fingerprint density at radius 1 is 1.29 bits per heavy atom. The van der Waals surface area contributed by atoms with Crippen LogP contribution < -0.4 is 4.74 Å². The Labute approximate surface area is 168 Å². The Morgan fingerprint density at radius 3 is 2.75 bits per heavy atom. The van der Waals surface area contributed by atoms with E-state index in [-0.39, 0.29) is 12.4 Å². The zero-order valence-electron chi connectivity index (χ0n) is 16.2. The molecule has 2 aliphatic heterocycles. The van der Waals surface area contributed by atoms with Gasteiger partial charge in [-0.2, -0.15) is 0 Å². The fourth-order valence-electron chi connectivity index (χ4n) is 3.23. The Hall–Kier alpha value is -2.74. The first-order valence-electron chi connectivity index (χ1n) is 8.82. The van der Waals surface area contributed by atoms with Crippen LogP contribution in [0.3, 0.4) is 0 Å². The lowest BCUT2D eigenvalue weighted by Gasteiger charge is -2.36. The number of ether oxygens (including phenoxy) is 3. The predicted molar refractivity (Wildman–Crippen MR) is 107 cm³/mol. The van der Waals surface area contributed by atoms with Gasteiger partial charge in [0.05, 0.1) is 44.6 Å². The average molecular weight is 402 g/mol. The van der Waals surface area contributed by atoms with Crippen molar-refractivity contribution in [3.63, 3.8) is 0 Å². The monoisotopic (exact) mass is 402 g/mol. The molecule has 0 spiro atoms. The second kappa shape index (κ2) is 8.52. The van der Waals surface area contributed by atoms with Crippen molar-refractivity contribution in [2.75, 3.05) is 20.8 Å². The van der Waals surface area contributed by atoms with Gasteiger partial charge in [-0.05, 0) is 37.0 Å². The SMILES string of the molecule is CCOC(=O)CC1=CSC2=NC(C)=C(C(=O)OC)C(c3cccc(OC)c3)N12. The summed E-state index contributed by atoms with van der Waals surface area (Å²) in [6.45, 7) is 3.86. The molecule has 0 aromatic heterocycles. The number of nitrogens with zero attached hydrogens (tertiary/aromatic N) is 2. The van der Waals surface area contributed by atoms with Crippen LogP contribution in [0.15, 0.2) is 51.6 Å². The van der Waals surface area contributed by atoms with Crippen LogP contribution in [0.4, 0.5) is 0 Å². The summed E-state index contributed by atoms with van der Waals surface area (Å²) in [4.78, 5) is 31.2. The number of carbonyl (C=O) groups excluding carboxylic acids is 2. The van der Waals surface area contributed by atoms with E-state index in [4.69, 9.17) is 14.2 Å². The number of hydrogen-bond acceptors (Lipinski definition) is 8. The minimum atomic E-state index is -0.481. The normalized spacial score (nSPS) is 18.3. The molecule has 8 heteroatoms. The first kappa shape index (κ1) is 20.0. The number of thioether (sulfide) groups is 1. The molecule has 1 unspecified atom stereocenters. The lowest BCUT2D eigenvalue weighted by atomic mass is 9.93. The van der Waals surface area contributed by atoms with Crippen LogP contribution in [-0.2, 0) is 19.1 Å². The molecule has 2 heterocycles. The molecule has 7 nitrogen and oxygen atoms in total. The fraction of sp³-hybridized carbons (Fsp3) is 0.350. The van der Waals surface area contributed by atoms with E-state index in [9.17, 15) is 9.59 Å². The maximum Gasteiger partial charge on any atom is 0.338 e.